The molecular formula is C18H21NO2. The summed E-state index contributed by atoms with van der Waals surface area (Å²) in [7, 11) is 3.64. The smallest absolute Gasteiger partial charge is 0.164 e. The van der Waals surface area contributed by atoms with Gasteiger partial charge in [-0.05, 0) is 24.6 Å². The zero-order chi connectivity index (χ0) is 15.2. The third-order valence-electron chi connectivity index (χ3n) is 3.61. The molecule has 2 rings (SSSR count). The van der Waals surface area contributed by atoms with E-state index < -0.39 is 0 Å². The van der Waals surface area contributed by atoms with Crippen LogP contribution < -0.4 is 9.64 Å². The molecule has 0 spiro atoms. The van der Waals surface area contributed by atoms with E-state index in [0.29, 0.717) is 13.0 Å². The van der Waals surface area contributed by atoms with Gasteiger partial charge in [0.25, 0.3) is 0 Å². The third-order valence-corrected chi connectivity index (χ3v) is 3.61. The Labute approximate surface area is 126 Å². The Bertz CT molecular complexity index is 622. The van der Waals surface area contributed by atoms with Gasteiger partial charge in [-0.3, -0.25) is 4.79 Å². The molecule has 3 heteroatoms. The van der Waals surface area contributed by atoms with E-state index in [4.69, 9.17) is 4.74 Å². The summed E-state index contributed by atoms with van der Waals surface area (Å²) in [6, 6.07) is 15.6. The number of hydrogen-bond acceptors (Lipinski definition) is 3. The van der Waals surface area contributed by atoms with Crippen LogP contribution in [0.25, 0.3) is 0 Å². The summed E-state index contributed by atoms with van der Waals surface area (Å²) in [6.07, 6.45) is 0.499. The van der Waals surface area contributed by atoms with Crippen LogP contribution in [0.4, 0.5) is 5.69 Å². The number of ether oxygens (including phenoxy) is 1. The second-order valence-electron chi connectivity index (χ2n) is 5.11. The lowest BCUT2D eigenvalue weighted by Gasteiger charge is -2.19. The van der Waals surface area contributed by atoms with Crippen molar-refractivity contribution in [1.29, 1.82) is 0 Å². The highest BCUT2D eigenvalue weighted by molar-refractivity contribution is 5.97. The van der Waals surface area contributed by atoms with Crippen LogP contribution in [0.15, 0.2) is 48.5 Å². The van der Waals surface area contributed by atoms with Crippen LogP contribution in [-0.2, 0) is 0 Å². The zero-order valence-electron chi connectivity index (χ0n) is 12.8. The molecular weight excluding hydrogens is 262 g/mol. The molecule has 2 aromatic carbocycles. The lowest BCUT2D eigenvalue weighted by atomic mass is 10.0. The topological polar surface area (TPSA) is 29.5 Å². The second kappa shape index (κ2) is 6.93. The first-order valence-corrected chi connectivity index (χ1v) is 7.06. The molecule has 0 aliphatic rings. The van der Waals surface area contributed by atoms with Crippen molar-refractivity contribution in [2.45, 2.75) is 13.3 Å². The maximum atomic E-state index is 12.3. The number of methoxy groups -OCH3 is 1. The molecule has 0 radical (unpaired) electrons. The first kappa shape index (κ1) is 15.1. The van der Waals surface area contributed by atoms with Gasteiger partial charge in [0.05, 0.1) is 7.11 Å². The van der Waals surface area contributed by atoms with Crippen LogP contribution in [0.2, 0.25) is 0 Å². The van der Waals surface area contributed by atoms with Gasteiger partial charge in [0, 0.05) is 37.3 Å². The van der Waals surface area contributed by atoms with Crippen molar-refractivity contribution in [1.82, 2.24) is 0 Å². The van der Waals surface area contributed by atoms with Crippen molar-refractivity contribution >= 4 is 11.5 Å². The van der Waals surface area contributed by atoms with E-state index in [0.717, 1.165) is 22.6 Å². The molecule has 0 amide bonds. The Morgan fingerprint density at radius 3 is 2.62 bits per heavy atom. The third kappa shape index (κ3) is 3.85. The average molecular weight is 283 g/mol. The number of aryl methyl sites for hydroxylation is 1. The summed E-state index contributed by atoms with van der Waals surface area (Å²) in [5, 5.41) is 0. The quantitative estimate of drug-likeness (QED) is 0.757. The molecule has 0 saturated heterocycles. The molecule has 0 fully saturated rings. The predicted molar refractivity (Wildman–Crippen MR) is 86.4 cm³/mol. The Morgan fingerprint density at radius 1 is 1.14 bits per heavy atom. The van der Waals surface area contributed by atoms with Crippen LogP contribution in [0.3, 0.4) is 0 Å². The van der Waals surface area contributed by atoms with Crippen LogP contribution in [0.1, 0.15) is 22.3 Å². The number of carbonyl (C=O) groups is 1. The van der Waals surface area contributed by atoms with Crippen molar-refractivity contribution in [3.63, 3.8) is 0 Å². The zero-order valence-corrected chi connectivity index (χ0v) is 12.8. The number of carbonyl (C=O) groups excluding carboxylic acids is 1. The Kier molecular flexibility index (Phi) is 4.99. The molecule has 0 heterocycles. The number of Topliss-reactive ketones (excluding diaryl/α,β-unsaturated/α-hetero) is 1. The van der Waals surface area contributed by atoms with Crippen molar-refractivity contribution in [2.75, 3.05) is 25.6 Å². The summed E-state index contributed by atoms with van der Waals surface area (Å²) < 4.78 is 5.22. The number of rotatable bonds is 6. The van der Waals surface area contributed by atoms with Gasteiger partial charge >= 0.3 is 0 Å². The molecule has 2 aromatic rings. The van der Waals surface area contributed by atoms with E-state index in [2.05, 4.69) is 4.90 Å². The number of hydrogen-bond donors (Lipinski definition) is 0. The van der Waals surface area contributed by atoms with E-state index in [1.165, 1.54) is 0 Å². The molecule has 0 saturated carbocycles. The highest BCUT2D eigenvalue weighted by Gasteiger charge is 2.10. The first-order chi connectivity index (χ1) is 10.1. The van der Waals surface area contributed by atoms with Crippen molar-refractivity contribution in [3.05, 3.63) is 59.7 Å². The molecule has 0 aliphatic heterocycles. The van der Waals surface area contributed by atoms with Gasteiger partial charge in [-0.2, -0.15) is 0 Å². The summed E-state index contributed by atoms with van der Waals surface area (Å²) in [5.41, 5.74) is 2.90. The molecule has 0 bridgehead atoms. The van der Waals surface area contributed by atoms with Gasteiger partial charge in [-0.25, -0.2) is 0 Å². The molecule has 3 nitrogen and oxygen atoms in total. The summed E-state index contributed by atoms with van der Waals surface area (Å²) in [6.45, 7) is 2.65. The number of anilines is 1. The number of ketones is 1. The fraction of sp³-hybridized carbons (Fsp3) is 0.278. The van der Waals surface area contributed by atoms with Gasteiger partial charge in [0.1, 0.15) is 5.75 Å². The monoisotopic (exact) mass is 283 g/mol. The maximum Gasteiger partial charge on any atom is 0.164 e. The minimum Gasteiger partial charge on any atom is -0.497 e. The second-order valence-corrected chi connectivity index (χ2v) is 5.11. The van der Waals surface area contributed by atoms with E-state index in [9.17, 15) is 4.79 Å². The molecule has 110 valence electrons. The Balaban J connectivity index is 1.99. The normalized spacial score (nSPS) is 10.2. The van der Waals surface area contributed by atoms with Crippen LogP contribution in [0, 0.1) is 6.92 Å². The minimum atomic E-state index is 0.183. The Hall–Kier alpha value is -2.29. The number of benzene rings is 2. The highest BCUT2D eigenvalue weighted by Crippen LogP contribution is 2.20. The summed E-state index contributed by atoms with van der Waals surface area (Å²) >= 11 is 0. The van der Waals surface area contributed by atoms with Gasteiger partial charge in [-0.15, -0.1) is 0 Å². The van der Waals surface area contributed by atoms with Crippen LogP contribution in [0.5, 0.6) is 5.75 Å². The lowest BCUT2D eigenvalue weighted by Crippen LogP contribution is -2.21. The lowest BCUT2D eigenvalue weighted by molar-refractivity contribution is 0.0984. The molecule has 0 atom stereocenters. The first-order valence-electron chi connectivity index (χ1n) is 7.06. The molecule has 0 aromatic heterocycles. The largest absolute Gasteiger partial charge is 0.497 e. The van der Waals surface area contributed by atoms with Crippen molar-refractivity contribution < 1.29 is 9.53 Å². The SMILES string of the molecule is COc1cccc(N(C)CCC(=O)c2ccccc2C)c1. The fourth-order valence-corrected chi connectivity index (χ4v) is 2.27. The maximum absolute atomic E-state index is 12.3. The molecule has 0 unspecified atom stereocenters. The summed E-state index contributed by atoms with van der Waals surface area (Å²) in [4.78, 5) is 14.3. The fourth-order valence-electron chi connectivity index (χ4n) is 2.27. The van der Waals surface area contributed by atoms with E-state index in [1.807, 2.05) is 62.5 Å². The molecule has 21 heavy (non-hydrogen) atoms. The minimum absolute atomic E-state index is 0.183. The van der Waals surface area contributed by atoms with Crippen LogP contribution >= 0.6 is 0 Å². The average Bonchev–Trinajstić information content (AvgIpc) is 2.52. The van der Waals surface area contributed by atoms with Gasteiger partial charge in [-0.1, -0.05) is 30.3 Å². The van der Waals surface area contributed by atoms with E-state index in [-0.39, 0.29) is 5.78 Å². The standard InChI is InChI=1S/C18H21NO2/c1-14-7-4-5-10-17(14)18(20)11-12-19(2)15-8-6-9-16(13-15)21-3/h4-10,13H,11-12H2,1-3H3. The van der Waals surface area contributed by atoms with Gasteiger partial charge in [0.15, 0.2) is 5.78 Å². The predicted octanol–water partition coefficient (Wildman–Crippen LogP) is 3.71. The molecule has 0 N–H and O–H groups in total. The van der Waals surface area contributed by atoms with Gasteiger partial charge < -0.3 is 9.64 Å². The summed E-state index contributed by atoms with van der Waals surface area (Å²) in [5.74, 6) is 1.01. The Morgan fingerprint density at radius 2 is 1.90 bits per heavy atom. The number of nitrogens with zero attached hydrogens (tertiary/aromatic N) is 1. The highest BCUT2D eigenvalue weighted by atomic mass is 16.5. The van der Waals surface area contributed by atoms with Gasteiger partial charge in [0.2, 0.25) is 0 Å². The van der Waals surface area contributed by atoms with E-state index >= 15 is 0 Å². The molecule has 0 aliphatic carbocycles. The van der Waals surface area contributed by atoms with E-state index in [1.54, 1.807) is 7.11 Å². The van der Waals surface area contributed by atoms with Crippen LogP contribution in [-0.4, -0.2) is 26.5 Å². The van der Waals surface area contributed by atoms with Crippen molar-refractivity contribution in [2.24, 2.45) is 0 Å². The van der Waals surface area contributed by atoms with Crippen molar-refractivity contribution in [3.8, 4) is 5.75 Å².